The number of carbonyl (C=O) groups is 1. The Hall–Kier alpha value is -1.29. The Morgan fingerprint density at radius 3 is 2.33 bits per heavy atom. The highest BCUT2D eigenvalue weighted by Gasteiger charge is 2.12. The highest BCUT2D eigenvalue weighted by atomic mass is 16.2. The maximum atomic E-state index is 11.7. The molecule has 0 aromatic heterocycles. The summed E-state index contributed by atoms with van der Waals surface area (Å²) >= 11 is 0. The molecule has 0 saturated heterocycles. The molecule has 0 radical (unpaired) electrons. The van der Waals surface area contributed by atoms with Crippen molar-refractivity contribution >= 4 is 5.91 Å². The van der Waals surface area contributed by atoms with Crippen molar-refractivity contribution in [1.29, 1.82) is 0 Å². The van der Waals surface area contributed by atoms with Crippen LogP contribution in [0.2, 0.25) is 0 Å². The summed E-state index contributed by atoms with van der Waals surface area (Å²) in [4.78, 5) is 13.5. The van der Waals surface area contributed by atoms with Crippen molar-refractivity contribution in [3.63, 3.8) is 0 Å². The molecule has 0 rings (SSSR count). The van der Waals surface area contributed by atoms with Crippen LogP contribution in [-0.4, -0.2) is 38.0 Å². The fourth-order valence-corrected chi connectivity index (χ4v) is 1.60. The monoisotopic (exact) mass is 253 g/mol. The first-order valence-electron chi connectivity index (χ1n) is 6.54. The van der Waals surface area contributed by atoms with Crippen molar-refractivity contribution in [2.45, 2.75) is 33.6 Å². The third-order valence-electron chi connectivity index (χ3n) is 2.74. The largest absolute Gasteiger partial charge is 0.392 e. The number of allylic oxidation sites excluding steroid dienone is 4. The van der Waals surface area contributed by atoms with Gasteiger partial charge in [0.2, 0.25) is 5.91 Å². The van der Waals surface area contributed by atoms with Crippen molar-refractivity contribution < 1.29 is 4.79 Å². The maximum absolute atomic E-state index is 11.7. The molecule has 4 heteroatoms. The summed E-state index contributed by atoms with van der Waals surface area (Å²) < 4.78 is 0. The van der Waals surface area contributed by atoms with Gasteiger partial charge in [0.1, 0.15) is 0 Å². The number of hydrogen-bond donors (Lipinski definition) is 2. The lowest BCUT2D eigenvalue weighted by atomic mass is 10.2. The van der Waals surface area contributed by atoms with Crippen LogP contribution >= 0.6 is 0 Å². The third kappa shape index (κ3) is 6.45. The SMILES string of the molecule is CCC/C(=C\C=C(\C)NC)N(CCNC)C(C)=O. The van der Waals surface area contributed by atoms with E-state index in [-0.39, 0.29) is 5.91 Å². The molecular weight excluding hydrogens is 226 g/mol. The zero-order chi connectivity index (χ0) is 14.0. The first kappa shape index (κ1) is 16.7. The van der Waals surface area contributed by atoms with E-state index in [1.54, 1.807) is 6.92 Å². The first-order valence-corrected chi connectivity index (χ1v) is 6.54. The summed E-state index contributed by atoms with van der Waals surface area (Å²) in [6, 6.07) is 0. The molecule has 0 saturated carbocycles. The summed E-state index contributed by atoms with van der Waals surface area (Å²) in [6.45, 7) is 7.26. The predicted octanol–water partition coefficient (Wildman–Crippen LogP) is 1.86. The Bertz CT molecular complexity index is 308. The van der Waals surface area contributed by atoms with Crippen LogP contribution in [0.15, 0.2) is 23.5 Å². The highest BCUT2D eigenvalue weighted by Crippen LogP contribution is 2.12. The molecule has 2 N–H and O–H groups in total. The van der Waals surface area contributed by atoms with Gasteiger partial charge >= 0.3 is 0 Å². The molecule has 0 aromatic rings. The average Bonchev–Trinajstić information content (AvgIpc) is 2.35. The highest BCUT2D eigenvalue weighted by molar-refractivity contribution is 5.75. The average molecular weight is 253 g/mol. The lowest BCUT2D eigenvalue weighted by Gasteiger charge is -2.24. The second-order valence-corrected chi connectivity index (χ2v) is 4.28. The molecule has 1 amide bonds. The molecule has 0 aliphatic carbocycles. The molecule has 0 aliphatic rings. The van der Waals surface area contributed by atoms with Crippen molar-refractivity contribution in [2.75, 3.05) is 27.2 Å². The number of amides is 1. The first-order chi connectivity index (χ1) is 8.56. The number of hydrogen-bond acceptors (Lipinski definition) is 3. The minimum absolute atomic E-state index is 0.0976. The smallest absolute Gasteiger partial charge is 0.223 e. The van der Waals surface area contributed by atoms with Crippen molar-refractivity contribution in [3.05, 3.63) is 23.5 Å². The van der Waals surface area contributed by atoms with Gasteiger partial charge in [-0.15, -0.1) is 0 Å². The Morgan fingerprint density at radius 2 is 1.89 bits per heavy atom. The van der Waals surface area contributed by atoms with E-state index < -0.39 is 0 Å². The molecule has 0 aromatic carbocycles. The number of likely N-dealkylation sites (N-methyl/N-ethyl adjacent to an activating group) is 1. The second-order valence-electron chi connectivity index (χ2n) is 4.28. The van der Waals surface area contributed by atoms with Gasteiger partial charge < -0.3 is 15.5 Å². The zero-order valence-electron chi connectivity index (χ0n) is 12.3. The van der Waals surface area contributed by atoms with Crippen LogP contribution in [0, 0.1) is 0 Å². The van der Waals surface area contributed by atoms with E-state index in [0.717, 1.165) is 30.8 Å². The van der Waals surface area contributed by atoms with E-state index in [1.165, 1.54) is 0 Å². The van der Waals surface area contributed by atoms with Crippen LogP contribution in [0.5, 0.6) is 0 Å². The maximum Gasteiger partial charge on any atom is 0.223 e. The molecule has 104 valence electrons. The molecule has 0 spiro atoms. The molecule has 0 unspecified atom stereocenters. The molecule has 0 fully saturated rings. The fraction of sp³-hybridized carbons (Fsp3) is 0.643. The summed E-state index contributed by atoms with van der Waals surface area (Å²) in [5.41, 5.74) is 2.16. The summed E-state index contributed by atoms with van der Waals surface area (Å²) in [5.74, 6) is 0.0976. The number of carbonyl (C=O) groups excluding carboxylic acids is 1. The second kappa shape index (κ2) is 9.71. The number of nitrogens with one attached hydrogen (secondary N) is 2. The standard InChI is InChI=1S/C14H27N3O/c1-6-7-14(9-8-12(2)16-5)17(13(3)18)11-10-15-4/h8-9,15-16H,6-7,10-11H2,1-5H3/b12-8-,14-9+. The number of rotatable bonds is 8. The quantitative estimate of drug-likeness (QED) is 0.649. The van der Waals surface area contributed by atoms with Gasteiger partial charge in [-0.05, 0) is 32.5 Å². The Kier molecular flexibility index (Phi) is 9.01. The van der Waals surface area contributed by atoms with Crippen LogP contribution in [0.4, 0.5) is 0 Å². The molecule has 0 bridgehead atoms. The van der Waals surface area contributed by atoms with E-state index in [4.69, 9.17) is 0 Å². The van der Waals surface area contributed by atoms with Crippen LogP contribution in [0.3, 0.4) is 0 Å². The van der Waals surface area contributed by atoms with Crippen molar-refractivity contribution in [1.82, 2.24) is 15.5 Å². The van der Waals surface area contributed by atoms with Gasteiger partial charge in [-0.3, -0.25) is 4.79 Å². The molecule has 0 aliphatic heterocycles. The van der Waals surface area contributed by atoms with Crippen LogP contribution in [-0.2, 0) is 4.79 Å². The van der Waals surface area contributed by atoms with Crippen LogP contribution < -0.4 is 10.6 Å². The molecule has 18 heavy (non-hydrogen) atoms. The van der Waals surface area contributed by atoms with Crippen LogP contribution in [0.25, 0.3) is 0 Å². The number of nitrogens with zero attached hydrogens (tertiary/aromatic N) is 1. The molecule has 0 atom stereocenters. The zero-order valence-corrected chi connectivity index (χ0v) is 12.3. The van der Waals surface area contributed by atoms with Gasteiger partial charge in [0.05, 0.1) is 0 Å². The minimum atomic E-state index is 0.0976. The van der Waals surface area contributed by atoms with Gasteiger partial charge in [-0.2, -0.15) is 0 Å². The summed E-state index contributed by atoms with van der Waals surface area (Å²) in [5, 5.41) is 6.15. The normalized spacial score (nSPS) is 12.5. The van der Waals surface area contributed by atoms with E-state index in [0.29, 0.717) is 6.54 Å². The Labute approximate surface area is 111 Å². The third-order valence-corrected chi connectivity index (χ3v) is 2.74. The topological polar surface area (TPSA) is 44.4 Å². The van der Waals surface area contributed by atoms with Crippen molar-refractivity contribution in [2.24, 2.45) is 0 Å². The van der Waals surface area contributed by atoms with E-state index >= 15 is 0 Å². The minimum Gasteiger partial charge on any atom is -0.392 e. The lowest BCUT2D eigenvalue weighted by Crippen LogP contribution is -2.34. The van der Waals surface area contributed by atoms with Crippen LogP contribution in [0.1, 0.15) is 33.6 Å². The van der Waals surface area contributed by atoms with E-state index in [1.807, 2.05) is 38.1 Å². The van der Waals surface area contributed by atoms with Gasteiger partial charge in [0, 0.05) is 38.5 Å². The fourth-order valence-electron chi connectivity index (χ4n) is 1.60. The van der Waals surface area contributed by atoms with Gasteiger partial charge in [0.25, 0.3) is 0 Å². The van der Waals surface area contributed by atoms with E-state index in [2.05, 4.69) is 17.6 Å². The predicted molar refractivity (Wildman–Crippen MR) is 77.1 cm³/mol. The summed E-state index contributed by atoms with van der Waals surface area (Å²) in [7, 11) is 3.79. The lowest BCUT2D eigenvalue weighted by molar-refractivity contribution is -0.127. The Morgan fingerprint density at radius 1 is 1.22 bits per heavy atom. The molecule has 0 heterocycles. The molecular formula is C14H27N3O. The van der Waals surface area contributed by atoms with Crippen molar-refractivity contribution in [3.8, 4) is 0 Å². The molecule has 4 nitrogen and oxygen atoms in total. The van der Waals surface area contributed by atoms with E-state index in [9.17, 15) is 4.79 Å². The van der Waals surface area contributed by atoms with Gasteiger partial charge in [-0.25, -0.2) is 0 Å². The van der Waals surface area contributed by atoms with Gasteiger partial charge in [0.15, 0.2) is 0 Å². The van der Waals surface area contributed by atoms with Gasteiger partial charge in [-0.1, -0.05) is 13.3 Å². The Balaban J connectivity index is 4.95. The summed E-state index contributed by atoms with van der Waals surface area (Å²) in [6.07, 6.45) is 5.99.